The molecular formula is C13H24N4O. The van der Waals surface area contributed by atoms with Gasteiger partial charge in [-0.25, -0.2) is 4.99 Å². The molecule has 0 aromatic rings. The minimum Gasteiger partial charge on any atom is -0.356 e. The van der Waals surface area contributed by atoms with E-state index in [2.05, 4.69) is 34.7 Å². The molecule has 5 heteroatoms. The van der Waals surface area contributed by atoms with Gasteiger partial charge in [0, 0.05) is 26.7 Å². The molecule has 0 bridgehead atoms. The molecule has 0 fully saturated rings. The lowest BCUT2D eigenvalue weighted by Crippen LogP contribution is -2.43. The molecule has 5 nitrogen and oxygen atoms in total. The van der Waals surface area contributed by atoms with Gasteiger partial charge in [0.15, 0.2) is 5.96 Å². The van der Waals surface area contributed by atoms with Crippen LogP contribution >= 0.6 is 0 Å². The predicted molar refractivity (Wildman–Crippen MR) is 74.6 cm³/mol. The molecule has 102 valence electrons. The maximum Gasteiger partial charge on any atom is 0.243 e. The molecule has 1 aliphatic carbocycles. The monoisotopic (exact) mass is 252 g/mol. The first kappa shape index (κ1) is 14.5. The van der Waals surface area contributed by atoms with E-state index < -0.39 is 0 Å². The van der Waals surface area contributed by atoms with Crippen molar-refractivity contribution in [2.45, 2.75) is 32.2 Å². The molecule has 1 aliphatic rings. The molecular weight excluding hydrogens is 228 g/mol. The fraction of sp³-hybridized carbons (Fsp3) is 0.692. The average molecular weight is 252 g/mol. The van der Waals surface area contributed by atoms with Gasteiger partial charge in [-0.15, -0.1) is 0 Å². The third-order valence-corrected chi connectivity index (χ3v) is 2.76. The van der Waals surface area contributed by atoms with E-state index in [9.17, 15) is 4.79 Å². The van der Waals surface area contributed by atoms with Crippen LogP contribution in [0.1, 0.15) is 26.2 Å². The third kappa shape index (κ3) is 5.21. The Kier molecular flexibility index (Phi) is 6.25. The van der Waals surface area contributed by atoms with E-state index >= 15 is 0 Å². The number of nitrogens with zero attached hydrogens (tertiary/aromatic N) is 2. The second-order valence-electron chi connectivity index (χ2n) is 4.66. The van der Waals surface area contributed by atoms with Crippen molar-refractivity contribution in [3.05, 3.63) is 12.2 Å². The van der Waals surface area contributed by atoms with Gasteiger partial charge in [-0.05, 0) is 19.3 Å². The summed E-state index contributed by atoms with van der Waals surface area (Å²) >= 11 is 0. The Hall–Kier alpha value is -1.52. The van der Waals surface area contributed by atoms with E-state index in [0.717, 1.165) is 31.8 Å². The molecule has 0 heterocycles. The zero-order valence-corrected chi connectivity index (χ0v) is 11.6. The maximum absolute atomic E-state index is 11.5. The van der Waals surface area contributed by atoms with Gasteiger partial charge in [0.25, 0.3) is 0 Å². The lowest BCUT2D eigenvalue weighted by Gasteiger charge is -2.17. The molecule has 0 saturated carbocycles. The van der Waals surface area contributed by atoms with Gasteiger partial charge in [-0.1, -0.05) is 19.1 Å². The van der Waals surface area contributed by atoms with Crippen LogP contribution in [0, 0.1) is 0 Å². The van der Waals surface area contributed by atoms with Crippen molar-refractivity contribution < 1.29 is 4.79 Å². The highest BCUT2D eigenvalue weighted by Crippen LogP contribution is 2.08. The second kappa shape index (κ2) is 7.74. The quantitative estimate of drug-likeness (QED) is 0.431. The standard InChI is InChI=1S/C13H24N4O/c1-4-9-14-13(15-10-12(18)17(2)3)16-11-7-5-6-8-11/h5-6,11H,4,7-10H2,1-3H3,(H2,14,15,16). The van der Waals surface area contributed by atoms with E-state index in [0.29, 0.717) is 6.04 Å². The summed E-state index contributed by atoms with van der Waals surface area (Å²) in [5, 5.41) is 6.58. The van der Waals surface area contributed by atoms with Gasteiger partial charge in [0.1, 0.15) is 6.54 Å². The van der Waals surface area contributed by atoms with E-state index in [-0.39, 0.29) is 12.5 Å². The van der Waals surface area contributed by atoms with Crippen LogP contribution < -0.4 is 10.6 Å². The molecule has 0 aromatic carbocycles. The van der Waals surface area contributed by atoms with Crippen LogP contribution in [0.4, 0.5) is 0 Å². The van der Waals surface area contributed by atoms with Crippen molar-refractivity contribution in [2.75, 3.05) is 27.2 Å². The van der Waals surface area contributed by atoms with Crippen molar-refractivity contribution in [3.8, 4) is 0 Å². The summed E-state index contributed by atoms with van der Waals surface area (Å²) in [5.41, 5.74) is 0. The first-order valence-corrected chi connectivity index (χ1v) is 6.53. The topological polar surface area (TPSA) is 56.7 Å². The van der Waals surface area contributed by atoms with E-state index in [1.165, 1.54) is 0 Å². The number of aliphatic imine (C=N–C) groups is 1. The molecule has 0 radical (unpaired) electrons. The number of carbonyl (C=O) groups excluding carboxylic acids is 1. The number of rotatable bonds is 5. The normalized spacial score (nSPS) is 15.8. The molecule has 0 unspecified atom stereocenters. The smallest absolute Gasteiger partial charge is 0.243 e. The van der Waals surface area contributed by atoms with Crippen LogP contribution in [0.3, 0.4) is 0 Å². The summed E-state index contributed by atoms with van der Waals surface area (Å²) in [6, 6.07) is 0.405. The third-order valence-electron chi connectivity index (χ3n) is 2.76. The lowest BCUT2D eigenvalue weighted by atomic mass is 10.2. The summed E-state index contributed by atoms with van der Waals surface area (Å²) in [7, 11) is 3.48. The minimum absolute atomic E-state index is 0.0112. The molecule has 1 amide bonds. The van der Waals surface area contributed by atoms with Crippen LogP contribution in [0.15, 0.2) is 17.1 Å². The van der Waals surface area contributed by atoms with Crippen LogP contribution in [0.5, 0.6) is 0 Å². The molecule has 0 saturated heterocycles. The largest absolute Gasteiger partial charge is 0.356 e. The lowest BCUT2D eigenvalue weighted by molar-refractivity contribution is -0.127. The van der Waals surface area contributed by atoms with Gasteiger partial charge in [0.05, 0.1) is 0 Å². The Balaban J connectivity index is 2.47. The predicted octanol–water partition coefficient (Wildman–Crippen LogP) is 0.738. The van der Waals surface area contributed by atoms with Crippen LogP contribution in [-0.2, 0) is 4.79 Å². The molecule has 0 aromatic heterocycles. The van der Waals surface area contributed by atoms with Crippen LogP contribution in [0.25, 0.3) is 0 Å². The Morgan fingerprint density at radius 2 is 2.06 bits per heavy atom. The summed E-state index contributed by atoms with van der Waals surface area (Å²) < 4.78 is 0. The number of likely N-dealkylation sites (N-methyl/N-ethyl adjacent to an activating group) is 1. The van der Waals surface area contributed by atoms with Crippen LogP contribution in [0.2, 0.25) is 0 Å². The van der Waals surface area contributed by atoms with Gasteiger partial charge in [-0.3, -0.25) is 4.79 Å². The molecule has 1 rings (SSSR count). The molecule has 0 atom stereocenters. The van der Waals surface area contributed by atoms with Gasteiger partial charge in [-0.2, -0.15) is 0 Å². The number of nitrogens with one attached hydrogen (secondary N) is 2. The SMILES string of the molecule is CCCNC(=NCC(=O)N(C)C)NC1CC=CC1. The summed E-state index contributed by atoms with van der Waals surface area (Å²) in [5.74, 6) is 0.748. The average Bonchev–Trinajstić information content (AvgIpc) is 2.84. The van der Waals surface area contributed by atoms with Gasteiger partial charge >= 0.3 is 0 Å². The van der Waals surface area contributed by atoms with Gasteiger partial charge < -0.3 is 15.5 Å². The zero-order valence-electron chi connectivity index (χ0n) is 11.6. The van der Waals surface area contributed by atoms with Crippen molar-refractivity contribution in [2.24, 2.45) is 4.99 Å². The highest BCUT2D eigenvalue weighted by Gasteiger charge is 2.12. The molecule has 0 aliphatic heterocycles. The van der Waals surface area contributed by atoms with Crippen molar-refractivity contribution in [1.29, 1.82) is 0 Å². The number of hydrogen-bond acceptors (Lipinski definition) is 2. The van der Waals surface area contributed by atoms with E-state index in [4.69, 9.17) is 0 Å². The van der Waals surface area contributed by atoms with Crippen LogP contribution in [-0.4, -0.2) is 50.0 Å². The minimum atomic E-state index is 0.0112. The number of amides is 1. The highest BCUT2D eigenvalue weighted by atomic mass is 16.2. The molecule has 0 spiro atoms. The maximum atomic E-state index is 11.5. The van der Waals surface area contributed by atoms with E-state index in [1.807, 2.05) is 0 Å². The fourth-order valence-corrected chi connectivity index (χ4v) is 1.61. The van der Waals surface area contributed by atoms with Crippen molar-refractivity contribution in [1.82, 2.24) is 15.5 Å². The summed E-state index contributed by atoms with van der Waals surface area (Å²) in [6.07, 6.45) is 7.41. The Morgan fingerprint density at radius 1 is 1.39 bits per heavy atom. The summed E-state index contributed by atoms with van der Waals surface area (Å²) in [6.45, 7) is 3.15. The van der Waals surface area contributed by atoms with E-state index in [1.54, 1.807) is 19.0 Å². The Bertz CT molecular complexity index is 315. The fourth-order valence-electron chi connectivity index (χ4n) is 1.61. The number of carbonyl (C=O) groups is 1. The second-order valence-corrected chi connectivity index (χ2v) is 4.66. The Labute approximate surface area is 109 Å². The first-order chi connectivity index (χ1) is 8.63. The Morgan fingerprint density at radius 3 is 2.61 bits per heavy atom. The first-order valence-electron chi connectivity index (χ1n) is 6.53. The molecule has 2 N–H and O–H groups in total. The van der Waals surface area contributed by atoms with Crippen molar-refractivity contribution >= 4 is 11.9 Å². The highest BCUT2D eigenvalue weighted by molar-refractivity contribution is 5.84. The summed E-state index contributed by atoms with van der Waals surface area (Å²) in [4.78, 5) is 17.4. The number of guanidine groups is 1. The van der Waals surface area contributed by atoms with Crippen molar-refractivity contribution in [3.63, 3.8) is 0 Å². The zero-order chi connectivity index (χ0) is 13.4. The number of hydrogen-bond donors (Lipinski definition) is 2. The van der Waals surface area contributed by atoms with Gasteiger partial charge in [0.2, 0.25) is 5.91 Å². The molecule has 18 heavy (non-hydrogen) atoms.